The first kappa shape index (κ1) is 12.7. The van der Waals surface area contributed by atoms with E-state index < -0.39 is 0 Å². The number of thiophene rings is 1. The highest BCUT2D eigenvalue weighted by Crippen LogP contribution is 2.33. The summed E-state index contributed by atoms with van der Waals surface area (Å²) in [7, 11) is 1.83. The average Bonchev–Trinajstić information content (AvgIpc) is 2.83. The molecule has 0 aliphatic carbocycles. The van der Waals surface area contributed by atoms with Crippen molar-refractivity contribution in [3.05, 3.63) is 39.7 Å². The molecule has 1 N–H and O–H groups in total. The van der Waals surface area contributed by atoms with Crippen LogP contribution in [0.4, 0.5) is 5.82 Å². The summed E-state index contributed by atoms with van der Waals surface area (Å²) in [4.78, 5) is 9.91. The van der Waals surface area contributed by atoms with Gasteiger partial charge in [-0.2, -0.15) is 0 Å². The molecule has 96 valence electrons. The monoisotopic (exact) mass is 309 g/mol. The van der Waals surface area contributed by atoms with Crippen LogP contribution in [0.25, 0.3) is 21.6 Å². The topological polar surface area (TPSA) is 37.8 Å². The molecule has 19 heavy (non-hydrogen) atoms. The lowest BCUT2D eigenvalue weighted by molar-refractivity contribution is 1.22. The van der Waals surface area contributed by atoms with E-state index in [0.717, 1.165) is 21.6 Å². The lowest BCUT2D eigenvalue weighted by atomic mass is 10.2. The SMILES string of the molecule is CNc1nc(-c2sccc2Cl)nc2cc(Cl)ccc12. The number of hydrogen-bond acceptors (Lipinski definition) is 4. The fraction of sp³-hybridized carbons (Fsp3) is 0.0769. The third kappa shape index (κ3) is 2.27. The third-order valence-electron chi connectivity index (χ3n) is 2.72. The Morgan fingerprint density at radius 2 is 2.00 bits per heavy atom. The molecule has 2 aromatic heterocycles. The summed E-state index contributed by atoms with van der Waals surface area (Å²) in [5, 5.41) is 7.24. The normalized spacial score (nSPS) is 10.9. The van der Waals surface area contributed by atoms with Gasteiger partial charge in [0.15, 0.2) is 5.82 Å². The Kier molecular flexibility index (Phi) is 3.31. The van der Waals surface area contributed by atoms with E-state index in [0.29, 0.717) is 15.9 Å². The minimum absolute atomic E-state index is 0.610. The van der Waals surface area contributed by atoms with Crippen molar-refractivity contribution in [1.29, 1.82) is 0 Å². The van der Waals surface area contributed by atoms with Gasteiger partial charge in [-0.1, -0.05) is 23.2 Å². The zero-order valence-corrected chi connectivity index (χ0v) is 12.3. The molecule has 0 fully saturated rings. The van der Waals surface area contributed by atoms with Crippen molar-refractivity contribution in [3.8, 4) is 10.7 Å². The number of rotatable bonds is 2. The zero-order chi connectivity index (χ0) is 13.4. The van der Waals surface area contributed by atoms with E-state index in [9.17, 15) is 0 Å². The molecule has 3 aromatic rings. The summed E-state index contributed by atoms with van der Waals surface area (Å²) in [6.45, 7) is 0. The van der Waals surface area contributed by atoms with E-state index >= 15 is 0 Å². The molecule has 3 nitrogen and oxygen atoms in total. The predicted molar refractivity (Wildman–Crippen MR) is 82.4 cm³/mol. The van der Waals surface area contributed by atoms with Gasteiger partial charge in [-0.05, 0) is 29.6 Å². The summed E-state index contributed by atoms with van der Waals surface area (Å²) in [5.41, 5.74) is 0.798. The molecule has 0 spiro atoms. The quantitative estimate of drug-likeness (QED) is 0.745. The molecule has 0 bridgehead atoms. The minimum atomic E-state index is 0.610. The summed E-state index contributed by atoms with van der Waals surface area (Å²) in [5.74, 6) is 1.38. The van der Waals surface area contributed by atoms with E-state index in [1.807, 2.05) is 36.7 Å². The second kappa shape index (κ2) is 4.96. The van der Waals surface area contributed by atoms with Crippen molar-refractivity contribution < 1.29 is 0 Å². The van der Waals surface area contributed by atoms with Crippen LogP contribution in [0, 0.1) is 0 Å². The number of hydrogen-bond donors (Lipinski definition) is 1. The van der Waals surface area contributed by atoms with Crippen molar-refractivity contribution in [3.63, 3.8) is 0 Å². The van der Waals surface area contributed by atoms with E-state index in [-0.39, 0.29) is 0 Å². The number of nitrogens with one attached hydrogen (secondary N) is 1. The molecule has 2 heterocycles. The number of nitrogens with zero attached hydrogens (tertiary/aromatic N) is 2. The third-order valence-corrected chi connectivity index (χ3v) is 4.29. The fourth-order valence-electron chi connectivity index (χ4n) is 1.85. The molecule has 0 atom stereocenters. The standard InChI is InChI=1S/C13H9Cl2N3S/c1-16-12-8-3-2-7(14)6-10(8)17-13(18-12)11-9(15)4-5-19-11/h2-6H,1H3,(H,16,17,18). The van der Waals surface area contributed by atoms with E-state index in [1.165, 1.54) is 11.3 Å². The lowest BCUT2D eigenvalue weighted by Crippen LogP contribution is -1.98. The molecular formula is C13H9Cl2N3S. The van der Waals surface area contributed by atoms with Crippen molar-refractivity contribution in [2.75, 3.05) is 12.4 Å². The van der Waals surface area contributed by atoms with Crippen LogP contribution in [-0.2, 0) is 0 Å². The van der Waals surface area contributed by atoms with Crippen LogP contribution in [-0.4, -0.2) is 17.0 Å². The summed E-state index contributed by atoms with van der Waals surface area (Å²) < 4.78 is 0. The molecule has 6 heteroatoms. The molecule has 0 saturated carbocycles. The number of fused-ring (bicyclic) bond motifs is 1. The van der Waals surface area contributed by atoms with Crippen LogP contribution in [0.15, 0.2) is 29.6 Å². The van der Waals surface area contributed by atoms with Gasteiger partial charge in [-0.15, -0.1) is 11.3 Å². The molecule has 0 aliphatic rings. The maximum atomic E-state index is 6.14. The predicted octanol–water partition coefficient (Wildman–Crippen LogP) is 4.71. The van der Waals surface area contributed by atoms with Gasteiger partial charge in [0.05, 0.1) is 15.4 Å². The van der Waals surface area contributed by atoms with Crippen LogP contribution in [0.5, 0.6) is 0 Å². The van der Waals surface area contributed by atoms with E-state index in [2.05, 4.69) is 15.3 Å². The maximum absolute atomic E-state index is 6.14. The molecule has 0 saturated heterocycles. The van der Waals surface area contributed by atoms with Gasteiger partial charge < -0.3 is 5.32 Å². The lowest BCUT2D eigenvalue weighted by Gasteiger charge is -2.07. The second-order valence-electron chi connectivity index (χ2n) is 3.90. The first-order valence-electron chi connectivity index (χ1n) is 5.57. The van der Waals surface area contributed by atoms with Gasteiger partial charge in [0.1, 0.15) is 5.82 Å². The zero-order valence-electron chi connectivity index (χ0n) is 9.95. The van der Waals surface area contributed by atoms with Crippen LogP contribution < -0.4 is 5.32 Å². The highest BCUT2D eigenvalue weighted by molar-refractivity contribution is 7.14. The van der Waals surface area contributed by atoms with Gasteiger partial charge >= 0.3 is 0 Å². The van der Waals surface area contributed by atoms with Crippen molar-refractivity contribution in [1.82, 2.24) is 9.97 Å². The summed E-state index contributed by atoms with van der Waals surface area (Å²) in [6.07, 6.45) is 0. The maximum Gasteiger partial charge on any atom is 0.173 e. The smallest absolute Gasteiger partial charge is 0.173 e. The fourth-order valence-corrected chi connectivity index (χ4v) is 3.09. The van der Waals surface area contributed by atoms with Crippen LogP contribution in [0.2, 0.25) is 10.0 Å². The van der Waals surface area contributed by atoms with Crippen LogP contribution >= 0.6 is 34.5 Å². The molecule has 3 rings (SSSR count). The van der Waals surface area contributed by atoms with E-state index in [4.69, 9.17) is 23.2 Å². The first-order valence-corrected chi connectivity index (χ1v) is 7.21. The largest absolute Gasteiger partial charge is 0.373 e. The Bertz CT molecular complexity index is 755. The molecule has 0 unspecified atom stereocenters. The Morgan fingerprint density at radius 1 is 1.16 bits per heavy atom. The molecule has 0 radical (unpaired) electrons. The van der Waals surface area contributed by atoms with Crippen molar-refractivity contribution in [2.24, 2.45) is 0 Å². The molecular weight excluding hydrogens is 301 g/mol. The van der Waals surface area contributed by atoms with Gasteiger partial charge in [-0.25, -0.2) is 9.97 Å². The van der Waals surface area contributed by atoms with Crippen LogP contribution in [0.3, 0.4) is 0 Å². The number of anilines is 1. The minimum Gasteiger partial charge on any atom is -0.373 e. The Balaban J connectivity index is 2.30. The first-order chi connectivity index (χ1) is 9.19. The summed E-state index contributed by atoms with van der Waals surface area (Å²) >= 11 is 13.7. The van der Waals surface area contributed by atoms with Crippen molar-refractivity contribution >= 4 is 51.3 Å². The summed E-state index contributed by atoms with van der Waals surface area (Å²) in [6, 6.07) is 7.39. The Morgan fingerprint density at radius 3 is 2.68 bits per heavy atom. The van der Waals surface area contributed by atoms with Crippen molar-refractivity contribution in [2.45, 2.75) is 0 Å². The Labute approximate surface area is 124 Å². The van der Waals surface area contributed by atoms with Gasteiger partial charge in [0, 0.05) is 17.5 Å². The number of benzene rings is 1. The molecule has 1 aromatic carbocycles. The highest BCUT2D eigenvalue weighted by atomic mass is 35.5. The Hall–Kier alpha value is -1.36. The van der Waals surface area contributed by atoms with Gasteiger partial charge in [0.25, 0.3) is 0 Å². The second-order valence-corrected chi connectivity index (χ2v) is 5.66. The molecule has 0 aliphatic heterocycles. The molecule has 0 amide bonds. The van der Waals surface area contributed by atoms with E-state index in [1.54, 1.807) is 0 Å². The van der Waals surface area contributed by atoms with Crippen LogP contribution in [0.1, 0.15) is 0 Å². The van der Waals surface area contributed by atoms with Gasteiger partial charge in [-0.3, -0.25) is 0 Å². The highest BCUT2D eigenvalue weighted by Gasteiger charge is 2.12. The number of halogens is 2. The van der Waals surface area contributed by atoms with Gasteiger partial charge in [0.2, 0.25) is 0 Å². The number of aromatic nitrogens is 2. The average molecular weight is 310 g/mol.